The van der Waals surface area contributed by atoms with Crippen LogP contribution >= 0.6 is 46.4 Å². The number of hydrogen-bond acceptors (Lipinski definition) is 4. The maximum Gasteiger partial charge on any atom is 0.416 e. The van der Waals surface area contributed by atoms with Crippen molar-refractivity contribution in [2.75, 3.05) is 19.8 Å². The Morgan fingerprint density at radius 3 is 2.13 bits per heavy atom. The van der Waals surface area contributed by atoms with E-state index in [1.165, 1.54) is 18.2 Å². The molecule has 2 aromatic carbocycles. The van der Waals surface area contributed by atoms with Crippen molar-refractivity contribution in [3.63, 3.8) is 0 Å². The van der Waals surface area contributed by atoms with Crippen LogP contribution in [0.3, 0.4) is 0 Å². The van der Waals surface area contributed by atoms with Crippen LogP contribution in [0.15, 0.2) is 47.0 Å². The second kappa shape index (κ2) is 11.7. The topological polar surface area (TPSA) is 44.8 Å². The fourth-order valence-corrected chi connectivity index (χ4v) is 2.94. The van der Waals surface area contributed by atoms with Gasteiger partial charge in [0.2, 0.25) is 0 Å². The quantitative estimate of drug-likeness (QED) is 0.258. The maximum absolute atomic E-state index is 12.5. The number of halogens is 7. The van der Waals surface area contributed by atoms with Gasteiger partial charge in [-0.25, -0.2) is 4.79 Å². The summed E-state index contributed by atoms with van der Waals surface area (Å²) in [6.07, 6.45) is -2.72. The van der Waals surface area contributed by atoms with Crippen molar-refractivity contribution in [1.29, 1.82) is 0 Å². The summed E-state index contributed by atoms with van der Waals surface area (Å²) in [4.78, 5) is 11.9. The molecular weight excluding hydrogens is 503 g/mol. The highest BCUT2D eigenvalue weighted by Crippen LogP contribution is 2.37. The first-order valence-electron chi connectivity index (χ1n) is 8.68. The normalized spacial score (nSPS) is 11.1. The zero-order chi connectivity index (χ0) is 23.0. The summed E-state index contributed by atoms with van der Waals surface area (Å²) in [6, 6.07) is 6.76. The standard InChI is InChI=1S/C20H15Cl4F3O4/c21-15-10-14(29-9-6-17(23)24)11-16(22)18(15)30-7-1-8-31-19(28)12-2-4-13(5-3-12)20(25,26)27/h2-6,10-11H,1,7-9H2. The summed E-state index contributed by atoms with van der Waals surface area (Å²) in [6.45, 7) is 0.242. The predicted octanol–water partition coefficient (Wildman–Crippen LogP) is 7.34. The fraction of sp³-hybridized carbons (Fsp3) is 0.250. The third-order valence-electron chi connectivity index (χ3n) is 3.68. The third-order valence-corrected chi connectivity index (χ3v) is 4.55. The summed E-state index contributed by atoms with van der Waals surface area (Å²) >= 11 is 23.3. The smallest absolute Gasteiger partial charge is 0.416 e. The molecule has 0 aromatic heterocycles. The Balaban J connectivity index is 1.79. The predicted molar refractivity (Wildman–Crippen MR) is 114 cm³/mol. The number of ether oxygens (including phenoxy) is 3. The summed E-state index contributed by atoms with van der Waals surface area (Å²) in [7, 11) is 0. The van der Waals surface area contributed by atoms with Crippen molar-refractivity contribution >= 4 is 52.4 Å². The minimum atomic E-state index is -4.47. The van der Waals surface area contributed by atoms with Gasteiger partial charge in [0, 0.05) is 18.6 Å². The lowest BCUT2D eigenvalue weighted by atomic mass is 10.1. The Morgan fingerprint density at radius 2 is 1.58 bits per heavy atom. The molecule has 0 saturated heterocycles. The second-order valence-electron chi connectivity index (χ2n) is 5.93. The maximum atomic E-state index is 12.5. The Kier molecular flexibility index (Phi) is 9.62. The van der Waals surface area contributed by atoms with Crippen molar-refractivity contribution in [2.24, 2.45) is 0 Å². The van der Waals surface area contributed by atoms with Crippen LogP contribution in [0.25, 0.3) is 0 Å². The van der Waals surface area contributed by atoms with Gasteiger partial charge in [0.1, 0.15) is 16.8 Å². The van der Waals surface area contributed by atoms with Crippen LogP contribution in [-0.2, 0) is 10.9 Å². The van der Waals surface area contributed by atoms with Crippen LogP contribution < -0.4 is 9.47 Å². The molecule has 0 bridgehead atoms. The molecule has 0 aliphatic heterocycles. The molecule has 0 saturated carbocycles. The van der Waals surface area contributed by atoms with Crippen LogP contribution in [-0.4, -0.2) is 25.8 Å². The van der Waals surface area contributed by atoms with E-state index in [4.69, 9.17) is 60.6 Å². The van der Waals surface area contributed by atoms with Crippen LogP contribution in [0.4, 0.5) is 13.2 Å². The van der Waals surface area contributed by atoms with Gasteiger partial charge in [0.15, 0.2) is 5.75 Å². The van der Waals surface area contributed by atoms with Gasteiger partial charge in [-0.3, -0.25) is 0 Å². The number of benzene rings is 2. The van der Waals surface area contributed by atoms with Crippen molar-refractivity contribution in [1.82, 2.24) is 0 Å². The van der Waals surface area contributed by atoms with Crippen LogP contribution in [0.2, 0.25) is 10.0 Å². The molecule has 168 valence electrons. The Bertz CT molecular complexity index is 904. The molecule has 0 fully saturated rings. The van der Waals surface area contributed by atoms with E-state index in [1.54, 1.807) is 0 Å². The number of carbonyl (C=O) groups is 1. The van der Waals surface area contributed by atoms with Crippen molar-refractivity contribution in [3.05, 3.63) is 68.1 Å². The van der Waals surface area contributed by atoms with Gasteiger partial charge < -0.3 is 14.2 Å². The zero-order valence-corrected chi connectivity index (χ0v) is 18.7. The van der Waals surface area contributed by atoms with Gasteiger partial charge in [-0.1, -0.05) is 46.4 Å². The number of esters is 1. The Hall–Kier alpha value is -1.80. The first kappa shape index (κ1) is 25.5. The van der Waals surface area contributed by atoms with Gasteiger partial charge in [0.25, 0.3) is 0 Å². The van der Waals surface area contributed by atoms with E-state index in [1.807, 2.05) is 0 Å². The first-order valence-corrected chi connectivity index (χ1v) is 10.2. The van der Waals surface area contributed by atoms with E-state index in [2.05, 4.69) is 0 Å². The molecule has 2 rings (SSSR count). The lowest BCUT2D eigenvalue weighted by Gasteiger charge is -2.12. The SMILES string of the molecule is O=C(OCCCOc1c(Cl)cc(OCC=C(Cl)Cl)cc1Cl)c1ccc(C(F)(F)F)cc1. The van der Waals surface area contributed by atoms with Crippen molar-refractivity contribution < 1.29 is 32.2 Å². The Morgan fingerprint density at radius 1 is 0.968 bits per heavy atom. The van der Waals surface area contributed by atoms with E-state index in [-0.39, 0.29) is 45.7 Å². The second-order valence-corrected chi connectivity index (χ2v) is 7.76. The summed E-state index contributed by atoms with van der Waals surface area (Å²) in [5, 5.41) is 0.426. The summed E-state index contributed by atoms with van der Waals surface area (Å²) in [5.74, 6) is -0.119. The van der Waals surface area contributed by atoms with E-state index >= 15 is 0 Å². The highest BCUT2D eigenvalue weighted by atomic mass is 35.5. The average molecular weight is 518 g/mol. The van der Waals surface area contributed by atoms with Crippen LogP contribution in [0.1, 0.15) is 22.3 Å². The molecule has 0 spiro atoms. The molecule has 31 heavy (non-hydrogen) atoms. The molecule has 11 heteroatoms. The average Bonchev–Trinajstić information content (AvgIpc) is 2.68. The molecule has 4 nitrogen and oxygen atoms in total. The van der Waals surface area contributed by atoms with E-state index in [9.17, 15) is 18.0 Å². The summed E-state index contributed by atoms with van der Waals surface area (Å²) < 4.78 is 53.6. The van der Waals surface area contributed by atoms with Crippen LogP contribution in [0, 0.1) is 0 Å². The van der Waals surface area contributed by atoms with Gasteiger partial charge in [0.05, 0.1) is 34.4 Å². The molecular formula is C20H15Cl4F3O4. The largest absolute Gasteiger partial charge is 0.490 e. The highest BCUT2D eigenvalue weighted by Gasteiger charge is 2.30. The summed E-state index contributed by atoms with van der Waals surface area (Å²) in [5.41, 5.74) is -0.831. The minimum absolute atomic E-state index is 0.0121. The van der Waals surface area contributed by atoms with Gasteiger partial charge in [-0.2, -0.15) is 13.2 Å². The van der Waals surface area contributed by atoms with E-state index in [0.29, 0.717) is 12.2 Å². The number of rotatable bonds is 9. The minimum Gasteiger partial charge on any atom is -0.490 e. The van der Waals surface area contributed by atoms with E-state index < -0.39 is 17.7 Å². The number of alkyl halides is 3. The van der Waals surface area contributed by atoms with Crippen LogP contribution in [0.5, 0.6) is 11.5 Å². The molecule has 0 unspecified atom stereocenters. The molecule has 0 N–H and O–H groups in total. The molecule has 0 amide bonds. The lowest BCUT2D eigenvalue weighted by Crippen LogP contribution is -2.10. The molecule has 0 atom stereocenters. The molecule has 0 radical (unpaired) electrons. The highest BCUT2D eigenvalue weighted by molar-refractivity contribution is 6.55. The van der Waals surface area contributed by atoms with Gasteiger partial charge in [-0.05, 0) is 30.3 Å². The van der Waals surface area contributed by atoms with Crippen molar-refractivity contribution in [2.45, 2.75) is 12.6 Å². The monoisotopic (exact) mass is 516 g/mol. The molecule has 0 aliphatic rings. The van der Waals surface area contributed by atoms with Gasteiger partial charge in [-0.15, -0.1) is 0 Å². The molecule has 0 heterocycles. The lowest BCUT2D eigenvalue weighted by molar-refractivity contribution is -0.137. The molecule has 2 aromatic rings. The number of hydrogen-bond donors (Lipinski definition) is 0. The van der Waals surface area contributed by atoms with Gasteiger partial charge >= 0.3 is 12.1 Å². The van der Waals surface area contributed by atoms with Crippen molar-refractivity contribution in [3.8, 4) is 11.5 Å². The molecule has 0 aliphatic carbocycles. The van der Waals surface area contributed by atoms with E-state index in [0.717, 1.165) is 24.3 Å². The Labute approximate surface area is 196 Å². The zero-order valence-electron chi connectivity index (χ0n) is 15.6. The number of carbonyl (C=O) groups excluding carboxylic acids is 1. The first-order chi connectivity index (χ1) is 14.6. The fourth-order valence-electron chi connectivity index (χ4n) is 2.24. The third kappa shape index (κ3) is 8.33.